The van der Waals surface area contributed by atoms with Crippen molar-refractivity contribution in [3.05, 3.63) is 52.8 Å². The summed E-state index contributed by atoms with van der Waals surface area (Å²) in [6, 6.07) is 4.22. The highest BCUT2D eigenvalue weighted by molar-refractivity contribution is 6.01. The lowest BCUT2D eigenvalue weighted by Crippen LogP contribution is -2.44. The summed E-state index contributed by atoms with van der Waals surface area (Å²) in [5, 5.41) is 2.41. The summed E-state index contributed by atoms with van der Waals surface area (Å²) in [6.45, 7) is 2.51. The van der Waals surface area contributed by atoms with Crippen LogP contribution in [0.1, 0.15) is 37.3 Å². The molecule has 10 heteroatoms. The number of nitrogens with one attached hydrogen (secondary N) is 1. The third-order valence-electron chi connectivity index (χ3n) is 5.85. The second kappa shape index (κ2) is 8.31. The van der Waals surface area contributed by atoms with Crippen molar-refractivity contribution in [1.82, 2.24) is 0 Å². The molecule has 0 spiro atoms. The minimum absolute atomic E-state index is 0.00777. The van der Waals surface area contributed by atoms with E-state index in [1.165, 1.54) is 19.9 Å². The lowest BCUT2D eigenvalue weighted by molar-refractivity contribution is -0.130. The quantitative estimate of drug-likeness (QED) is 0.622. The highest BCUT2D eigenvalue weighted by Gasteiger charge is 2.46. The zero-order valence-corrected chi connectivity index (χ0v) is 17.9. The van der Waals surface area contributed by atoms with Gasteiger partial charge in [0.25, 0.3) is 5.91 Å². The highest BCUT2D eigenvalue weighted by Crippen LogP contribution is 2.45. The van der Waals surface area contributed by atoms with Crippen molar-refractivity contribution in [2.45, 2.75) is 51.7 Å². The van der Waals surface area contributed by atoms with Crippen LogP contribution in [-0.4, -0.2) is 23.8 Å². The van der Waals surface area contributed by atoms with Crippen molar-refractivity contribution in [2.75, 3.05) is 10.2 Å². The van der Waals surface area contributed by atoms with E-state index in [1.807, 2.05) is 0 Å². The van der Waals surface area contributed by atoms with Gasteiger partial charge in [-0.2, -0.15) is 0 Å². The number of benzene rings is 2. The number of carbonyl (C=O) groups is 2. The van der Waals surface area contributed by atoms with Crippen molar-refractivity contribution in [2.24, 2.45) is 5.92 Å². The number of alkyl halides is 2. The van der Waals surface area contributed by atoms with Crippen LogP contribution in [0.25, 0.3) is 0 Å². The molecule has 0 radical (unpaired) electrons. The lowest BCUT2D eigenvalue weighted by atomic mass is 9.79. The van der Waals surface area contributed by atoms with Gasteiger partial charge in [-0.05, 0) is 49.6 Å². The van der Waals surface area contributed by atoms with Crippen molar-refractivity contribution in [3.63, 3.8) is 0 Å². The van der Waals surface area contributed by atoms with Crippen molar-refractivity contribution >= 4 is 23.2 Å². The van der Waals surface area contributed by atoms with E-state index in [1.54, 1.807) is 0 Å². The molecular formula is C23H21F5N2O3. The van der Waals surface area contributed by atoms with Gasteiger partial charge in [0.2, 0.25) is 11.8 Å². The van der Waals surface area contributed by atoms with Crippen LogP contribution in [0.2, 0.25) is 0 Å². The number of fused-ring (bicyclic) bond motifs is 1. The number of hydrogen-bond donors (Lipinski definition) is 1. The monoisotopic (exact) mass is 468 g/mol. The molecule has 1 aliphatic carbocycles. The summed E-state index contributed by atoms with van der Waals surface area (Å²) in [7, 11) is 0. The van der Waals surface area contributed by atoms with Gasteiger partial charge in [0.05, 0.1) is 17.9 Å². The van der Waals surface area contributed by atoms with Crippen LogP contribution < -0.4 is 15.0 Å². The molecule has 2 aromatic rings. The molecule has 176 valence electrons. The zero-order valence-electron chi connectivity index (χ0n) is 17.9. The Bertz CT molecular complexity index is 1130. The lowest BCUT2D eigenvalue weighted by Gasteiger charge is -2.35. The molecule has 0 bridgehead atoms. The number of amides is 2. The van der Waals surface area contributed by atoms with Crippen LogP contribution in [0.5, 0.6) is 5.75 Å². The van der Waals surface area contributed by atoms with Gasteiger partial charge >= 0.3 is 0 Å². The molecule has 0 saturated heterocycles. The fourth-order valence-corrected chi connectivity index (χ4v) is 4.15. The molecule has 1 aliphatic heterocycles. The molecule has 1 heterocycles. The van der Waals surface area contributed by atoms with Crippen LogP contribution in [0.3, 0.4) is 0 Å². The summed E-state index contributed by atoms with van der Waals surface area (Å²) >= 11 is 0. The van der Waals surface area contributed by atoms with Gasteiger partial charge < -0.3 is 15.0 Å². The van der Waals surface area contributed by atoms with E-state index >= 15 is 4.39 Å². The van der Waals surface area contributed by atoms with E-state index in [2.05, 4.69) is 5.32 Å². The van der Waals surface area contributed by atoms with E-state index in [9.17, 15) is 27.2 Å². The fraction of sp³-hybridized carbons (Fsp3) is 0.391. The number of anilines is 2. The standard InChI is InChI=1S/C23H21F5N2O3/c1-11-5-17-21(19(26)20(11)29-18(31)6-13-8-23(27,28)9-13)33-12(2)22(32)30(17)10-14-7-15(24)3-4-16(14)25/h3-5,7,12-13H,6,8-10H2,1-2H3,(H,29,31). The molecule has 1 fully saturated rings. The number of halogens is 5. The zero-order chi connectivity index (χ0) is 24.1. The summed E-state index contributed by atoms with van der Waals surface area (Å²) in [6.07, 6.45) is -2.07. The number of aryl methyl sites for hydroxylation is 1. The van der Waals surface area contributed by atoms with Crippen LogP contribution in [0, 0.1) is 30.3 Å². The number of ether oxygens (including phenoxy) is 1. The molecule has 33 heavy (non-hydrogen) atoms. The Morgan fingerprint density at radius 3 is 2.58 bits per heavy atom. The molecule has 2 aromatic carbocycles. The Hall–Kier alpha value is -3.17. The first-order valence-corrected chi connectivity index (χ1v) is 10.4. The van der Waals surface area contributed by atoms with Crippen molar-refractivity contribution in [3.8, 4) is 5.75 Å². The smallest absolute Gasteiger partial charge is 0.268 e. The highest BCUT2D eigenvalue weighted by atomic mass is 19.3. The van der Waals surface area contributed by atoms with E-state index in [4.69, 9.17) is 4.74 Å². The van der Waals surface area contributed by atoms with Gasteiger partial charge in [0.15, 0.2) is 17.7 Å². The number of carbonyl (C=O) groups excluding carboxylic acids is 2. The Morgan fingerprint density at radius 2 is 1.91 bits per heavy atom. The Morgan fingerprint density at radius 1 is 1.21 bits per heavy atom. The van der Waals surface area contributed by atoms with Gasteiger partial charge in [-0.1, -0.05) is 0 Å². The SMILES string of the molecule is Cc1cc2c(c(F)c1NC(=O)CC1CC(F)(F)C1)OC(C)C(=O)N2Cc1cc(F)ccc1F. The van der Waals surface area contributed by atoms with E-state index in [0.717, 1.165) is 23.1 Å². The van der Waals surface area contributed by atoms with Crippen LogP contribution in [0.15, 0.2) is 24.3 Å². The molecule has 5 nitrogen and oxygen atoms in total. The predicted molar refractivity (Wildman–Crippen MR) is 110 cm³/mol. The molecule has 1 N–H and O–H groups in total. The maximum Gasteiger partial charge on any atom is 0.268 e. The topological polar surface area (TPSA) is 58.6 Å². The molecule has 2 aliphatic rings. The third kappa shape index (κ3) is 4.51. The summed E-state index contributed by atoms with van der Waals surface area (Å²) < 4.78 is 74.6. The normalized spacial score (nSPS) is 19.5. The van der Waals surface area contributed by atoms with Gasteiger partial charge in [-0.15, -0.1) is 0 Å². The van der Waals surface area contributed by atoms with E-state index < -0.39 is 47.2 Å². The Balaban J connectivity index is 1.62. The first kappa shape index (κ1) is 23.0. The number of hydrogen-bond acceptors (Lipinski definition) is 3. The molecular weight excluding hydrogens is 447 g/mol. The van der Waals surface area contributed by atoms with E-state index in [-0.39, 0.29) is 54.1 Å². The summed E-state index contributed by atoms with van der Waals surface area (Å²) in [4.78, 5) is 26.1. The maximum atomic E-state index is 15.4. The molecule has 1 saturated carbocycles. The second-order valence-electron chi connectivity index (χ2n) is 8.53. The second-order valence-corrected chi connectivity index (χ2v) is 8.53. The minimum atomic E-state index is -2.76. The largest absolute Gasteiger partial charge is 0.476 e. The minimum Gasteiger partial charge on any atom is -0.476 e. The van der Waals surface area contributed by atoms with Crippen molar-refractivity contribution < 1.29 is 36.3 Å². The predicted octanol–water partition coefficient (Wildman–Crippen LogP) is 5.10. The summed E-state index contributed by atoms with van der Waals surface area (Å²) in [5.41, 5.74) is -0.0398. The summed E-state index contributed by atoms with van der Waals surface area (Å²) in [5.74, 6) is -7.12. The Labute approximate surface area is 186 Å². The first-order chi connectivity index (χ1) is 15.4. The van der Waals surface area contributed by atoms with Crippen LogP contribution >= 0.6 is 0 Å². The average molecular weight is 468 g/mol. The molecule has 1 atom stereocenters. The van der Waals surface area contributed by atoms with E-state index in [0.29, 0.717) is 0 Å². The number of nitrogens with zero attached hydrogens (tertiary/aromatic N) is 1. The Kier molecular flexibility index (Phi) is 5.79. The molecule has 4 rings (SSSR count). The van der Waals surface area contributed by atoms with Gasteiger partial charge in [-0.3, -0.25) is 9.59 Å². The van der Waals surface area contributed by atoms with Crippen LogP contribution in [0.4, 0.5) is 33.3 Å². The third-order valence-corrected chi connectivity index (χ3v) is 5.85. The molecule has 2 amide bonds. The number of rotatable bonds is 5. The fourth-order valence-electron chi connectivity index (χ4n) is 4.15. The first-order valence-electron chi connectivity index (χ1n) is 10.4. The maximum absolute atomic E-state index is 15.4. The van der Waals surface area contributed by atoms with Crippen LogP contribution in [-0.2, 0) is 16.1 Å². The molecule has 0 aromatic heterocycles. The average Bonchev–Trinajstić information content (AvgIpc) is 2.71. The van der Waals surface area contributed by atoms with Gasteiger partial charge in [-0.25, -0.2) is 22.0 Å². The van der Waals surface area contributed by atoms with Gasteiger partial charge in [0.1, 0.15) is 11.6 Å². The van der Waals surface area contributed by atoms with Gasteiger partial charge in [0, 0.05) is 24.8 Å². The van der Waals surface area contributed by atoms with Crippen molar-refractivity contribution in [1.29, 1.82) is 0 Å². The molecule has 1 unspecified atom stereocenters.